The number of fused-ring (bicyclic) bond motifs is 1. The van der Waals surface area contributed by atoms with Gasteiger partial charge in [0.1, 0.15) is 0 Å². The average molecular weight is 191 g/mol. The van der Waals surface area contributed by atoms with E-state index in [-0.39, 0.29) is 0 Å². The number of nitrogens with one attached hydrogen (secondary N) is 1. The van der Waals surface area contributed by atoms with Crippen LogP contribution in [-0.4, -0.2) is 23.7 Å². The Bertz CT molecular complexity index is 352. The van der Waals surface area contributed by atoms with Crippen LogP contribution in [0.25, 0.3) is 0 Å². The first-order chi connectivity index (χ1) is 6.68. The maximum absolute atomic E-state index is 9.08. The molecule has 0 atom stereocenters. The van der Waals surface area contributed by atoms with Crippen LogP contribution in [0.1, 0.15) is 17.5 Å². The zero-order chi connectivity index (χ0) is 10.1. The summed E-state index contributed by atoms with van der Waals surface area (Å²) in [4.78, 5) is 0. The number of hydrogen-bond acceptors (Lipinski definition) is 3. The summed E-state index contributed by atoms with van der Waals surface area (Å²) in [6, 6.07) is 3.70. The van der Waals surface area contributed by atoms with Gasteiger partial charge >= 0.3 is 7.12 Å². The van der Waals surface area contributed by atoms with E-state index < -0.39 is 7.12 Å². The van der Waals surface area contributed by atoms with Crippen LogP contribution in [0.3, 0.4) is 0 Å². The van der Waals surface area contributed by atoms with E-state index in [4.69, 9.17) is 10.0 Å². The Morgan fingerprint density at radius 1 is 1.36 bits per heavy atom. The van der Waals surface area contributed by atoms with Crippen molar-refractivity contribution in [3.8, 4) is 0 Å². The van der Waals surface area contributed by atoms with Crippen LogP contribution >= 0.6 is 0 Å². The van der Waals surface area contributed by atoms with Crippen LogP contribution < -0.4 is 10.8 Å². The van der Waals surface area contributed by atoms with Gasteiger partial charge in [-0.05, 0) is 36.4 Å². The van der Waals surface area contributed by atoms with Crippen molar-refractivity contribution < 1.29 is 10.0 Å². The van der Waals surface area contributed by atoms with E-state index in [1.165, 1.54) is 11.3 Å². The molecule has 1 aromatic carbocycles. The van der Waals surface area contributed by atoms with Gasteiger partial charge in [0, 0.05) is 12.2 Å². The van der Waals surface area contributed by atoms with Gasteiger partial charge in [-0.2, -0.15) is 0 Å². The lowest BCUT2D eigenvalue weighted by Gasteiger charge is -2.21. The predicted octanol–water partition coefficient (Wildman–Crippen LogP) is 0.0329. The first-order valence-electron chi connectivity index (χ1n) is 4.92. The van der Waals surface area contributed by atoms with Crippen LogP contribution in [0, 0.1) is 6.92 Å². The first-order valence-corrected chi connectivity index (χ1v) is 4.92. The molecule has 14 heavy (non-hydrogen) atoms. The molecule has 2 rings (SSSR count). The maximum atomic E-state index is 9.08. The van der Waals surface area contributed by atoms with Gasteiger partial charge in [0.2, 0.25) is 0 Å². The summed E-state index contributed by atoms with van der Waals surface area (Å²) in [5, 5.41) is 21.5. The fourth-order valence-electron chi connectivity index (χ4n) is 1.98. The lowest BCUT2D eigenvalue weighted by atomic mass is 9.77. The minimum absolute atomic E-state index is 0.588. The standard InChI is InChI=1S/C10H14BNO2/c1-7-5-9(11(13)14)6-8-3-2-4-12-10(7)8/h5-6,12-14H,2-4H2,1H3. The highest BCUT2D eigenvalue weighted by Gasteiger charge is 2.17. The largest absolute Gasteiger partial charge is 0.488 e. The number of anilines is 1. The Kier molecular flexibility index (Phi) is 2.48. The first kappa shape index (κ1) is 9.56. The predicted molar refractivity (Wildman–Crippen MR) is 57.8 cm³/mol. The van der Waals surface area contributed by atoms with Crippen molar-refractivity contribution in [2.24, 2.45) is 0 Å². The van der Waals surface area contributed by atoms with Crippen molar-refractivity contribution in [3.63, 3.8) is 0 Å². The molecular formula is C10H14BNO2. The van der Waals surface area contributed by atoms with Gasteiger partial charge in [0.25, 0.3) is 0 Å². The number of hydrogen-bond donors (Lipinski definition) is 3. The molecular weight excluding hydrogens is 177 g/mol. The number of aryl methyl sites for hydroxylation is 2. The minimum atomic E-state index is -1.36. The second-order valence-electron chi connectivity index (χ2n) is 3.78. The summed E-state index contributed by atoms with van der Waals surface area (Å²) >= 11 is 0. The molecule has 0 fully saturated rings. The summed E-state index contributed by atoms with van der Waals surface area (Å²) in [5.74, 6) is 0. The topological polar surface area (TPSA) is 52.5 Å². The van der Waals surface area contributed by atoms with E-state index in [0.29, 0.717) is 5.46 Å². The van der Waals surface area contributed by atoms with Crippen molar-refractivity contribution in [1.29, 1.82) is 0 Å². The SMILES string of the molecule is Cc1cc(B(O)O)cc2c1NCCC2. The van der Waals surface area contributed by atoms with Gasteiger partial charge in [-0.15, -0.1) is 0 Å². The molecule has 4 heteroatoms. The summed E-state index contributed by atoms with van der Waals surface area (Å²) in [6.45, 7) is 3.00. The van der Waals surface area contributed by atoms with E-state index in [1.54, 1.807) is 0 Å². The molecule has 1 heterocycles. The van der Waals surface area contributed by atoms with Crippen LogP contribution in [0.4, 0.5) is 5.69 Å². The molecule has 0 amide bonds. The van der Waals surface area contributed by atoms with E-state index >= 15 is 0 Å². The van der Waals surface area contributed by atoms with Crippen molar-refractivity contribution in [2.75, 3.05) is 11.9 Å². The molecule has 1 aromatic rings. The van der Waals surface area contributed by atoms with E-state index in [9.17, 15) is 0 Å². The summed E-state index contributed by atoms with van der Waals surface area (Å²) < 4.78 is 0. The lowest BCUT2D eigenvalue weighted by Crippen LogP contribution is -2.31. The van der Waals surface area contributed by atoms with Gasteiger partial charge in [0.15, 0.2) is 0 Å². The zero-order valence-electron chi connectivity index (χ0n) is 8.25. The quantitative estimate of drug-likeness (QED) is 0.549. The highest BCUT2D eigenvalue weighted by atomic mass is 16.4. The van der Waals surface area contributed by atoms with E-state index in [2.05, 4.69) is 5.32 Å². The third-order valence-corrected chi connectivity index (χ3v) is 2.66. The van der Waals surface area contributed by atoms with Gasteiger partial charge in [-0.1, -0.05) is 12.1 Å². The Hall–Kier alpha value is -0.995. The molecule has 0 unspecified atom stereocenters. The van der Waals surface area contributed by atoms with E-state index in [0.717, 1.165) is 24.9 Å². The molecule has 0 spiro atoms. The second-order valence-corrected chi connectivity index (χ2v) is 3.78. The van der Waals surface area contributed by atoms with Crippen molar-refractivity contribution >= 4 is 18.3 Å². The number of benzene rings is 1. The summed E-state index contributed by atoms with van der Waals surface area (Å²) in [6.07, 6.45) is 2.13. The van der Waals surface area contributed by atoms with Gasteiger partial charge in [0.05, 0.1) is 0 Å². The molecule has 0 saturated heterocycles. The molecule has 3 N–H and O–H groups in total. The fourth-order valence-corrected chi connectivity index (χ4v) is 1.98. The van der Waals surface area contributed by atoms with Crippen molar-refractivity contribution in [2.45, 2.75) is 19.8 Å². The normalized spacial score (nSPS) is 14.5. The average Bonchev–Trinajstić information content (AvgIpc) is 2.17. The Morgan fingerprint density at radius 3 is 2.86 bits per heavy atom. The third-order valence-electron chi connectivity index (χ3n) is 2.66. The molecule has 0 aromatic heterocycles. The smallest absolute Gasteiger partial charge is 0.423 e. The molecule has 0 aliphatic carbocycles. The molecule has 0 radical (unpaired) electrons. The van der Waals surface area contributed by atoms with Gasteiger partial charge in [-0.25, -0.2) is 0 Å². The highest BCUT2D eigenvalue weighted by Crippen LogP contribution is 2.24. The van der Waals surface area contributed by atoms with E-state index in [1.807, 2.05) is 19.1 Å². The van der Waals surface area contributed by atoms with Crippen LogP contribution in [-0.2, 0) is 6.42 Å². The molecule has 1 aliphatic rings. The zero-order valence-corrected chi connectivity index (χ0v) is 8.25. The van der Waals surface area contributed by atoms with Crippen LogP contribution in [0.2, 0.25) is 0 Å². The minimum Gasteiger partial charge on any atom is -0.423 e. The fraction of sp³-hybridized carbons (Fsp3) is 0.400. The van der Waals surface area contributed by atoms with Gasteiger partial charge < -0.3 is 15.4 Å². The monoisotopic (exact) mass is 191 g/mol. The number of rotatable bonds is 1. The Labute approximate surface area is 83.9 Å². The molecule has 74 valence electrons. The maximum Gasteiger partial charge on any atom is 0.488 e. The third kappa shape index (κ3) is 1.63. The molecule has 3 nitrogen and oxygen atoms in total. The second kappa shape index (κ2) is 3.63. The molecule has 1 aliphatic heterocycles. The van der Waals surface area contributed by atoms with Crippen LogP contribution in [0.5, 0.6) is 0 Å². The van der Waals surface area contributed by atoms with Crippen molar-refractivity contribution in [1.82, 2.24) is 0 Å². The Balaban J connectivity index is 2.46. The molecule has 0 saturated carbocycles. The van der Waals surface area contributed by atoms with Crippen molar-refractivity contribution in [3.05, 3.63) is 23.3 Å². The van der Waals surface area contributed by atoms with Gasteiger partial charge in [-0.3, -0.25) is 0 Å². The Morgan fingerprint density at radius 2 is 2.14 bits per heavy atom. The summed E-state index contributed by atoms with van der Waals surface area (Å²) in [5.41, 5.74) is 4.04. The van der Waals surface area contributed by atoms with Crippen LogP contribution in [0.15, 0.2) is 12.1 Å². The summed E-state index contributed by atoms with van der Waals surface area (Å²) in [7, 11) is -1.36. The highest BCUT2D eigenvalue weighted by molar-refractivity contribution is 6.58. The lowest BCUT2D eigenvalue weighted by molar-refractivity contribution is 0.425. The molecule has 0 bridgehead atoms.